The molecule has 0 radical (unpaired) electrons. The van der Waals surface area contributed by atoms with Gasteiger partial charge in [-0.05, 0) is 0 Å². The van der Waals surface area contributed by atoms with Gasteiger partial charge in [-0.15, -0.1) is 0 Å². The second kappa shape index (κ2) is 17.0. The minimum atomic E-state index is -1.67. The molecule has 14 nitrogen and oxygen atoms in total. The summed E-state index contributed by atoms with van der Waals surface area (Å²) >= 11 is 0. The van der Waals surface area contributed by atoms with E-state index in [2.05, 4.69) is 13.2 Å². The number of aliphatic hydroxyl groups is 6. The molecule has 30 heavy (non-hydrogen) atoms. The fourth-order valence-electron chi connectivity index (χ4n) is 1.19. The average molecular weight is 442 g/mol. The van der Waals surface area contributed by atoms with Crippen molar-refractivity contribution in [2.75, 3.05) is 13.2 Å². The summed E-state index contributed by atoms with van der Waals surface area (Å²) < 4.78 is 0. The number of carboxylic acid groups (broad SMARTS) is 4. The van der Waals surface area contributed by atoms with Crippen molar-refractivity contribution in [2.24, 2.45) is 0 Å². The van der Waals surface area contributed by atoms with E-state index in [-0.39, 0.29) is 11.1 Å². The zero-order valence-electron chi connectivity index (χ0n) is 15.7. The molecule has 0 aromatic rings. The Hall–Kier alpha value is -2.88. The summed E-state index contributed by atoms with van der Waals surface area (Å²) in [5.41, 5.74) is -0.606. The number of aliphatic hydroxyl groups excluding tert-OH is 6. The number of carboxylic acids is 4. The van der Waals surface area contributed by atoms with Gasteiger partial charge in [0, 0.05) is 11.1 Å². The lowest BCUT2D eigenvalue weighted by Crippen LogP contribution is -2.46. The van der Waals surface area contributed by atoms with Crippen molar-refractivity contribution in [3.63, 3.8) is 0 Å². The Labute approximate surface area is 169 Å². The van der Waals surface area contributed by atoms with E-state index < -0.39 is 74.3 Å². The minimum absolute atomic E-state index is 0.303. The van der Waals surface area contributed by atoms with E-state index in [1.807, 2.05) is 0 Å². The lowest BCUT2D eigenvalue weighted by Gasteiger charge is -2.24. The van der Waals surface area contributed by atoms with Crippen molar-refractivity contribution in [3.8, 4) is 0 Å². The van der Waals surface area contributed by atoms with Crippen molar-refractivity contribution < 1.29 is 70.2 Å². The standard InChI is InChI=1S/C6H14O6.2C5H6O4/c7-1-3(9)5(11)6(12)4(10)2-8;2*1-3(5(8)9)2-4(6)7/h3-12H,1-2H2;2*1-2H2,(H,6,7)(H,8,9)/t3-,4+,5-,6-;;/m1../s1. The average Bonchev–Trinajstić information content (AvgIpc) is 2.65. The van der Waals surface area contributed by atoms with Gasteiger partial charge in [0.05, 0.1) is 26.1 Å². The highest BCUT2D eigenvalue weighted by molar-refractivity contribution is 5.91. The summed E-state index contributed by atoms with van der Waals surface area (Å²) in [6.45, 7) is 4.58. The highest BCUT2D eigenvalue weighted by Gasteiger charge is 2.29. The monoisotopic (exact) mass is 442 g/mol. The summed E-state index contributed by atoms with van der Waals surface area (Å²) in [6.07, 6.45) is -7.40. The first-order chi connectivity index (χ1) is 13.6. The third-order valence-corrected chi connectivity index (χ3v) is 2.85. The Morgan fingerprint density at radius 2 is 0.833 bits per heavy atom. The topological polar surface area (TPSA) is 271 Å². The van der Waals surface area contributed by atoms with E-state index in [0.29, 0.717) is 0 Å². The highest BCUT2D eigenvalue weighted by Crippen LogP contribution is 2.04. The Morgan fingerprint density at radius 1 is 0.600 bits per heavy atom. The van der Waals surface area contributed by atoms with Crippen LogP contribution < -0.4 is 0 Å². The Balaban J connectivity index is -0.000000371. The summed E-state index contributed by atoms with van der Waals surface area (Å²) in [4.78, 5) is 39.3. The molecule has 0 aliphatic rings. The van der Waals surface area contributed by atoms with E-state index in [1.165, 1.54) is 0 Å². The SMILES string of the molecule is C=C(CC(=O)O)C(=O)O.C=C(CC(=O)O)C(=O)O.OC[C@@H](O)[C@@H](O)[C@H](O)[C@@H](O)CO. The van der Waals surface area contributed by atoms with Gasteiger partial charge in [-0.3, -0.25) is 9.59 Å². The van der Waals surface area contributed by atoms with Crippen LogP contribution in [0, 0.1) is 0 Å². The number of aliphatic carboxylic acids is 4. The van der Waals surface area contributed by atoms with Crippen LogP contribution in [0.2, 0.25) is 0 Å². The fourth-order valence-corrected chi connectivity index (χ4v) is 1.19. The second-order valence-electron chi connectivity index (χ2n) is 5.44. The van der Waals surface area contributed by atoms with Gasteiger partial charge in [0.15, 0.2) is 0 Å². The van der Waals surface area contributed by atoms with Gasteiger partial charge in [0.1, 0.15) is 24.4 Å². The molecule has 174 valence electrons. The van der Waals surface area contributed by atoms with Gasteiger partial charge in [0.2, 0.25) is 0 Å². The quantitative estimate of drug-likeness (QED) is 0.140. The molecule has 0 unspecified atom stereocenters. The zero-order chi connectivity index (χ0) is 24.6. The van der Waals surface area contributed by atoms with Gasteiger partial charge in [0.25, 0.3) is 0 Å². The summed E-state index contributed by atoms with van der Waals surface area (Å²) in [7, 11) is 0. The first-order valence-corrected chi connectivity index (χ1v) is 7.81. The smallest absolute Gasteiger partial charge is 0.331 e. The normalized spacial score (nSPS) is 13.7. The molecular weight excluding hydrogens is 416 g/mol. The molecule has 0 amide bonds. The minimum Gasteiger partial charge on any atom is -0.481 e. The molecule has 14 heteroatoms. The maximum absolute atomic E-state index is 9.87. The molecule has 4 atom stereocenters. The highest BCUT2D eigenvalue weighted by atomic mass is 16.4. The molecule has 0 aromatic carbocycles. The lowest BCUT2D eigenvalue weighted by molar-refractivity contribution is -0.139. The molecule has 0 aromatic heterocycles. The van der Waals surface area contributed by atoms with Crippen molar-refractivity contribution in [2.45, 2.75) is 37.3 Å². The number of rotatable bonds is 11. The molecule has 0 aliphatic heterocycles. The molecule has 0 saturated carbocycles. The van der Waals surface area contributed by atoms with Crippen LogP contribution in [0.3, 0.4) is 0 Å². The third kappa shape index (κ3) is 17.2. The second-order valence-corrected chi connectivity index (χ2v) is 5.44. The molecule has 0 bridgehead atoms. The number of hydrogen-bond donors (Lipinski definition) is 10. The third-order valence-electron chi connectivity index (χ3n) is 2.85. The van der Waals surface area contributed by atoms with Crippen molar-refractivity contribution >= 4 is 23.9 Å². The molecule has 0 saturated heterocycles. The summed E-state index contributed by atoms with van der Waals surface area (Å²) in [5.74, 6) is -4.89. The van der Waals surface area contributed by atoms with Crippen LogP contribution in [0.4, 0.5) is 0 Å². The van der Waals surface area contributed by atoms with Crippen LogP contribution in [0.1, 0.15) is 12.8 Å². The molecule has 10 N–H and O–H groups in total. The van der Waals surface area contributed by atoms with Crippen LogP contribution in [0.15, 0.2) is 24.3 Å². The zero-order valence-corrected chi connectivity index (χ0v) is 15.7. The largest absolute Gasteiger partial charge is 0.481 e. The van der Waals surface area contributed by atoms with Gasteiger partial charge < -0.3 is 51.1 Å². The first-order valence-electron chi connectivity index (χ1n) is 7.81. The Kier molecular flexibility index (Phi) is 18.0. The molecule has 0 heterocycles. The maximum atomic E-state index is 9.87. The van der Waals surface area contributed by atoms with E-state index in [9.17, 15) is 19.2 Å². The fraction of sp³-hybridized carbons (Fsp3) is 0.500. The number of hydrogen-bond acceptors (Lipinski definition) is 10. The van der Waals surface area contributed by atoms with Crippen LogP contribution in [0.25, 0.3) is 0 Å². The number of carbonyl (C=O) groups is 4. The van der Waals surface area contributed by atoms with E-state index in [1.54, 1.807) is 0 Å². The van der Waals surface area contributed by atoms with E-state index in [4.69, 9.17) is 51.1 Å². The molecular formula is C16H26O14. The predicted octanol–water partition coefficient (Wildman–Crippen LogP) is -3.38. The Bertz CT molecular complexity index is 547. The predicted molar refractivity (Wildman–Crippen MR) is 96.3 cm³/mol. The first kappa shape index (κ1) is 31.8. The maximum Gasteiger partial charge on any atom is 0.331 e. The van der Waals surface area contributed by atoms with Gasteiger partial charge in [-0.1, -0.05) is 13.2 Å². The van der Waals surface area contributed by atoms with Crippen molar-refractivity contribution in [1.29, 1.82) is 0 Å². The molecule has 0 aliphatic carbocycles. The van der Waals surface area contributed by atoms with Gasteiger partial charge in [-0.2, -0.15) is 0 Å². The van der Waals surface area contributed by atoms with E-state index in [0.717, 1.165) is 0 Å². The van der Waals surface area contributed by atoms with Crippen LogP contribution in [-0.2, 0) is 19.2 Å². The molecule has 0 rings (SSSR count). The van der Waals surface area contributed by atoms with Crippen LogP contribution in [-0.4, -0.2) is 113 Å². The summed E-state index contributed by atoms with van der Waals surface area (Å²) in [5, 5.41) is 84.3. The van der Waals surface area contributed by atoms with Gasteiger partial charge in [-0.25, -0.2) is 9.59 Å². The molecule has 0 fully saturated rings. The van der Waals surface area contributed by atoms with Gasteiger partial charge >= 0.3 is 23.9 Å². The lowest BCUT2D eigenvalue weighted by atomic mass is 10.0. The molecule has 0 spiro atoms. The summed E-state index contributed by atoms with van der Waals surface area (Å²) in [6, 6.07) is 0. The van der Waals surface area contributed by atoms with Crippen LogP contribution >= 0.6 is 0 Å². The van der Waals surface area contributed by atoms with E-state index >= 15 is 0 Å². The Morgan fingerprint density at radius 3 is 0.933 bits per heavy atom. The van der Waals surface area contributed by atoms with Crippen molar-refractivity contribution in [1.82, 2.24) is 0 Å². The van der Waals surface area contributed by atoms with Crippen molar-refractivity contribution in [3.05, 3.63) is 24.3 Å². The van der Waals surface area contributed by atoms with Crippen LogP contribution in [0.5, 0.6) is 0 Å².